The Morgan fingerprint density at radius 2 is 1.70 bits per heavy atom. The van der Waals surface area contributed by atoms with E-state index in [2.05, 4.69) is 16.4 Å². The van der Waals surface area contributed by atoms with Crippen molar-refractivity contribution in [3.8, 4) is 11.5 Å². The summed E-state index contributed by atoms with van der Waals surface area (Å²) in [5, 5.41) is 3.51. The molecule has 0 saturated carbocycles. The van der Waals surface area contributed by atoms with Crippen molar-refractivity contribution < 1.29 is 14.3 Å². The predicted molar refractivity (Wildman–Crippen MR) is 108 cm³/mol. The van der Waals surface area contributed by atoms with Crippen molar-refractivity contribution in [3.05, 3.63) is 70.7 Å². The normalized spacial score (nSPS) is 10.4. The zero-order valence-electron chi connectivity index (χ0n) is 15.4. The molecule has 1 amide bonds. The van der Waals surface area contributed by atoms with Crippen molar-refractivity contribution >= 4 is 22.4 Å². The van der Waals surface area contributed by atoms with Gasteiger partial charge in [-0.2, -0.15) is 0 Å². The van der Waals surface area contributed by atoms with E-state index in [1.807, 2.05) is 48.7 Å². The Bertz CT molecular complexity index is 908. The number of hydrogen-bond donors (Lipinski definition) is 1. The van der Waals surface area contributed by atoms with Gasteiger partial charge >= 0.3 is 0 Å². The Morgan fingerprint density at radius 3 is 2.41 bits per heavy atom. The molecule has 1 N–H and O–H groups in total. The fourth-order valence-corrected chi connectivity index (χ4v) is 3.56. The number of benzene rings is 2. The van der Waals surface area contributed by atoms with E-state index in [0.717, 1.165) is 33.9 Å². The van der Waals surface area contributed by atoms with Crippen LogP contribution in [-0.2, 0) is 17.6 Å². The maximum atomic E-state index is 12.2. The number of anilines is 1. The molecular weight excluding hydrogens is 360 g/mol. The van der Waals surface area contributed by atoms with Crippen LogP contribution in [0.3, 0.4) is 0 Å². The highest BCUT2D eigenvalue weighted by atomic mass is 32.1. The number of nitrogens with one attached hydrogen (secondary N) is 1. The summed E-state index contributed by atoms with van der Waals surface area (Å²) in [6, 6.07) is 15.7. The number of carbonyl (C=O) groups excluding carboxylic acids is 1. The first-order chi connectivity index (χ1) is 13.2. The van der Waals surface area contributed by atoms with Crippen molar-refractivity contribution in [1.29, 1.82) is 0 Å². The van der Waals surface area contributed by atoms with Gasteiger partial charge in [0, 0.05) is 23.9 Å². The average molecular weight is 382 g/mol. The summed E-state index contributed by atoms with van der Waals surface area (Å²) in [6.07, 6.45) is 3.62. The highest BCUT2D eigenvalue weighted by molar-refractivity contribution is 7.15. The second-order valence-electron chi connectivity index (χ2n) is 6.06. The molecule has 0 atom stereocenters. The largest absolute Gasteiger partial charge is 0.497 e. The smallest absolute Gasteiger partial charge is 0.226 e. The van der Waals surface area contributed by atoms with Gasteiger partial charge in [0.05, 0.1) is 14.2 Å². The molecule has 0 radical (unpaired) electrons. The third-order valence-corrected chi connectivity index (χ3v) is 5.00. The van der Waals surface area contributed by atoms with E-state index in [0.29, 0.717) is 18.0 Å². The molecule has 2 aromatic carbocycles. The number of thiazole rings is 1. The minimum absolute atomic E-state index is 0.0416. The lowest BCUT2D eigenvalue weighted by atomic mass is 10.1. The summed E-state index contributed by atoms with van der Waals surface area (Å²) in [4.78, 5) is 17.6. The van der Waals surface area contributed by atoms with E-state index in [-0.39, 0.29) is 5.91 Å². The average Bonchev–Trinajstić information content (AvgIpc) is 3.13. The Morgan fingerprint density at radius 1 is 1.04 bits per heavy atom. The molecule has 0 fully saturated rings. The quantitative estimate of drug-likeness (QED) is 0.630. The number of amides is 1. The fourth-order valence-electron chi connectivity index (χ4n) is 2.70. The number of methoxy groups -OCH3 is 2. The van der Waals surface area contributed by atoms with Crippen LogP contribution in [0.5, 0.6) is 11.5 Å². The van der Waals surface area contributed by atoms with Crippen LogP contribution in [0.15, 0.2) is 54.7 Å². The maximum Gasteiger partial charge on any atom is 0.226 e. The molecule has 0 bridgehead atoms. The van der Waals surface area contributed by atoms with Crippen LogP contribution in [0.25, 0.3) is 0 Å². The lowest BCUT2D eigenvalue weighted by molar-refractivity contribution is -0.116. The third-order valence-electron chi connectivity index (χ3n) is 4.09. The molecule has 3 rings (SSSR count). The summed E-state index contributed by atoms with van der Waals surface area (Å²) in [5.41, 5.74) is 2.22. The number of hydrogen-bond acceptors (Lipinski definition) is 5. The summed E-state index contributed by atoms with van der Waals surface area (Å²) in [5.74, 6) is 1.60. The number of rotatable bonds is 8. The Hall–Kier alpha value is -2.86. The Kier molecular flexibility index (Phi) is 6.44. The molecule has 1 heterocycles. The van der Waals surface area contributed by atoms with Gasteiger partial charge in [0.2, 0.25) is 5.91 Å². The zero-order chi connectivity index (χ0) is 19.1. The highest BCUT2D eigenvalue weighted by Crippen LogP contribution is 2.23. The van der Waals surface area contributed by atoms with Gasteiger partial charge in [0.25, 0.3) is 0 Å². The highest BCUT2D eigenvalue weighted by Gasteiger charge is 2.08. The van der Waals surface area contributed by atoms with Gasteiger partial charge in [-0.3, -0.25) is 4.79 Å². The van der Waals surface area contributed by atoms with Crippen molar-refractivity contribution in [3.63, 3.8) is 0 Å². The van der Waals surface area contributed by atoms with Crippen molar-refractivity contribution in [2.45, 2.75) is 19.3 Å². The van der Waals surface area contributed by atoms with Crippen LogP contribution in [0, 0.1) is 0 Å². The van der Waals surface area contributed by atoms with E-state index in [9.17, 15) is 4.79 Å². The monoisotopic (exact) mass is 382 g/mol. The van der Waals surface area contributed by atoms with Gasteiger partial charge in [-0.05, 0) is 41.8 Å². The molecule has 27 heavy (non-hydrogen) atoms. The summed E-state index contributed by atoms with van der Waals surface area (Å²) in [7, 11) is 3.29. The lowest BCUT2D eigenvalue weighted by Gasteiger charge is -2.04. The SMILES string of the molecule is COc1cccc(CCC(=O)Nc2ncc(Cc3cccc(OC)c3)s2)c1. The number of aromatic nitrogens is 1. The van der Waals surface area contributed by atoms with Crippen molar-refractivity contribution in [1.82, 2.24) is 4.98 Å². The number of ether oxygens (including phenoxy) is 2. The standard InChI is InChI=1S/C21H22N2O3S/c1-25-17-7-3-5-15(11-17)9-10-20(24)23-21-22-14-19(27-21)13-16-6-4-8-18(12-16)26-2/h3-8,11-12,14H,9-10,13H2,1-2H3,(H,22,23,24). The van der Waals surface area contributed by atoms with Gasteiger partial charge in [0.15, 0.2) is 5.13 Å². The zero-order valence-corrected chi connectivity index (χ0v) is 16.2. The van der Waals surface area contributed by atoms with Crippen LogP contribution >= 0.6 is 11.3 Å². The topological polar surface area (TPSA) is 60.5 Å². The van der Waals surface area contributed by atoms with Crippen molar-refractivity contribution in [2.75, 3.05) is 19.5 Å². The van der Waals surface area contributed by atoms with E-state index in [1.54, 1.807) is 14.2 Å². The van der Waals surface area contributed by atoms with Crippen LogP contribution < -0.4 is 14.8 Å². The van der Waals surface area contributed by atoms with Crippen LogP contribution in [-0.4, -0.2) is 25.1 Å². The summed E-state index contributed by atoms with van der Waals surface area (Å²) >= 11 is 1.49. The molecule has 140 valence electrons. The molecule has 0 spiro atoms. The van der Waals surface area contributed by atoms with Gasteiger partial charge < -0.3 is 14.8 Å². The molecule has 6 heteroatoms. The van der Waals surface area contributed by atoms with E-state index < -0.39 is 0 Å². The first-order valence-corrected chi connectivity index (χ1v) is 9.48. The molecule has 0 aliphatic carbocycles. The van der Waals surface area contributed by atoms with Crippen LogP contribution in [0.4, 0.5) is 5.13 Å². The van der Waals surface area contributed by atoms with Crippen LogP contribution in [0.1, 0.15) is 22.4 Å². The molecule has 0 saturated heterocycles. The predicted octanol–water partition coefficient (Wildman–Crippen LogP) is 4.32. The number of nitrogens with zero attached hydrogens (tertiary/aromatic N) is 1. The fraction of sp³-hybridized carbons (Fsp3) is 0.238. The lowest BCUT2D eigenvalue weighted by Crippen LogP contribution is -2.12. The van der Waals surface area contributed by atoms with Gasteiger partial charge in [-0.1, -0.05) is 24.3 Å². The van der Waals surface area contributed by atoms with Gasteiger partial charge in [-0.15, -0.1) is 11.3 Å². The van der Waals surface area contributed by atoms with E-state index in [1.165, 1.54) is 11.3 Å². The molecule has 0 aliphatic heterocycles. The Balaban J connectivity index is 1.52. The molecule has 0 aliphatic rings. The molecule has 3 aromatic rings. The molecular formula is C21H22N2O3S. The minimum Gasteiger partial charge on any atom is -0.497 e. The second kappa shape index (κ2) is 9.19. The van der Waals surface area contributed by atoms with Gasteiger partial charge in [-0.25, -0.2) is 4.98 Å². The summed E-state index contributed by atoms with van der Waals surface area (Å²) < 4.78 is 10.5. The minimum atomic E-state index is -0.0416. The molecule has 5 nitrogen and oxygen atoms in total. The molecule has 0 unspecified atom stereocenters. The van der Waals surface area contributed by atoms with Crippen LogP contribution in [0.2, 0.25) is 0 Å². The number of aryl methyl sites for hydroxylation is 1. The summed E-state index contributed by atoms with van der Waals surface area (Å²) in [6.45, 7) is 0. The second-order valence-corrected chi connectivity index (χ2v) is 7.17. The van der Waals surface area contributed by atoms with Crippen molar-refractivity contribution in [2.24, 2.45) is 0 Å². The van der Waals surface area contributed by atoms with E-state index >= 15 is 0 Å². The van der Waals surface area contributed by atoms with Gasteiger partial charge in [0.1, 0.15) is 11.5 Å². The number of carbonyl (C=O) groups is 1. The first kappa shape index (κ1) is 18.9. The maximum absolute atomic E-state index is 12.2. The first-order valence-electron chi connectivity index (χ1n) is 8.66. The Labute approximate surface area is 163 Å². The third kappa shape index (κ3) is 5.56. The molecule has 1 aromatic heterocycles. The van der Waals surface area contributed by atoms with E-state index in [4.69, 9.17) is 9.47 Å².